The van der Waals surface area contributed by atoms with Crippen molar-refractivity contribution in [2.45, 2.75) is 48.7 Å². The van der Waals surface area contributed by atoms with Gasteiger partial charge in [-0.3, -0.25) is 0 Å². The van der Waals surface area contributed by atoms with Crippen LogP contribution in [0.25, 0.3) is 0 Å². The molecule has 4 atom stereocenters. The zero-order valence-corrected chi connectivity index (χ0v) is 51.2. The van der Waals surface area contributed by atoms with Gasteiger partial charge in [-0.2, -0.15) is 0 Å². The average Bonchev–Trinajstić information content (AvgIpc) is 4.16. The zero-order valence-electron chi connectivity index (χ0n) is 47.1. The van der Waals surface area contributed by atoms with E-state index in [1.807, 2.05) is 0 Å². The molecule has 78 heavy (non-hydrogen) atoms. The molecule has 400 valence electrons. The fourth-order valence-electron chi connectivity index (χ4n) is 14.7. The molecule has 0 bridgehead atoms. The van der Waals surface area contributed by atoms with E-state index in [1.54, 1.807) is 15.6 Å². The Morgan fingerprint density at radius 1 is 0.295 bits per heavy atom. The summed E-state index contributed by atoms with van der Waals surface area (Å²) in [5.41, 5.74) is 1.72. The Bertz CT molecular complexity index is 2660. The summed E-state index contributed by atoms with van der Waals surface area (Å²) in [7, 11) is 1.87. The van der Waals surface area contributed by atoms with Gasteiger partial charge < -0.3 is 24.7 Å². The van der Waals surface area contributed by atoms with Crippen molar-refractivity contribution < 1.29 is 17.1 Å². The topological polar surface area (TPSA) is 6.48 Å². The largest absolute Gasteiger partial charge is 2.00 e. The van der Waals surface area contributed by atoms with Crippen molar-refractivity contribution >= 4 is 70.9 Å². The van der Waals surface area contributed by atoms with E-state index in [9.17, 15) is 0 Å². The fraction of sp³-hybridized carbons (Fsp3) is 0.222. The van der Waals surface area contributed by atoms with Gasteiger partial charge in [0.05, 0.1) is 0 Å². The molecule has 0 N–H and O–H groups in total. The third-order valence-electron chi connectivity index (χ3n) is 17.4. The van der Waals surface area contributed by atoms with Crippen molar-refractivity contribution in [1.29, 1.82) is 0 Å². The quantitative estimate of drug-likeness (QED) is 0.0541. The molecule has 11 rings (SSSR count). The van der Waals surface area contributed by atoms with Crippen molar-refractivity contribution in [2.24, 2.45) is 11.8 Å². The normalized spacial score (nSPS) is 17.5. The maximum atomic E-state index is 2.49. The van der Waals surface area contributed by atoms with Crippen LogP contribution < -0.4 is 46.7 Å². The maximum absolute atomic E-state index is 2.66. The molecule has 0 heterocycles. The Morgan fingerprint density at radius 3 is 0.654 bits per heavy atom. The number of hydrogen-bond acceptors (Lipinski definition) is 2. The first-order chi connectivity index (χ1) is 36.9. The van der Waals surface area contributed by atoms with Gasteiger partial charge in [0.2, 0.25) is 0 Å². The minimum atomic E-state index is -2.66. The summed E-state index contributed by atoms with van der Waals surface area (Å²) in [6.45, 7) is 2.12. The van der Waals surface area contributed by atoms with Crippen molar-refractivity contribution in [2.75, 3.05) is 41.3 Å². The number of rotatable bonds is 16. The molecule has 2 aliphatic carbocycles. The van der Waals surface area contributed by atoms with Gasteiger partial charge in [-0.05, 0) is 110 Å². The van der Waals surface area contributed by atoms with E-state index in [0.29, 0.717) is 22.9 Å². The summed E-state index contributed by atoms with van der Waals surface area (Å²) in [5, 5.41) is 13.8. The standard InChI is InChI=1S/C47H52N2Si2.C23H24Si.2CH3.Fe/c1-48(2)36-44-45(37-49(3)4)47(51(41-29-17-8-18-30-41,42-31-19-9-20-32-42)43-33-21-10-22-34-43)35-46(44)50(38-23-11-5-12-24-38,39-25-13-6-14-26-39)40-27-15-7-16-28-40;1-4-12-20(13-5-1)24(23-18-10-11-19-23,21-14-6-2-7-15-21)22-16-8-3-9-17-22;;;/h5-34,44-47H,35-37H2,1-4H3;1-9,12-17,23H,10-11,18-19H2;2*1H3;/q;;2*-1;+2. The van der Waals surface area contributed by atoms with E-state index in [0.717, 1.165) is 18.6 Å². The van der Waals surface area contributed by atoms with E-state index in [2.05, 4.69) is 311 Å². The molecule has 0 spiro atoms. The molecule has 0 aliphatic heterocycles. The van der Waals surface area contributed by atoms with E-state index in [1.165, 1.54) is 63.2 Å². The molecular formula is C72H82FeN2Si3. The summed E-state index contributed by atoms with van der Waals surface area (Å²) in [5.74, 6) is 0.949. The Balaban J connectivity index is 0.000000274. The van der Waals surface area contributed by atoms with Crippen LogP contribution in [-0.2, 0) is 17.1 Å². The van der Waals surface area contributed by atoms with Crippen LogP contribution in [0.3, 0.4) is 0 Å². The Kier molecular flexibility index (Phi) is 21.3. The third kappa shape index (κ3) is 11.7. The first-order valence-electron chi connectivity index (χ1n) is 27.7. The molecule has 2 nitrogen and oxygen atoms in total. The molecule has 0 amide bonds. The molecule has 2 aliphatic rings. The van der Waals surface area contributed by atoms with Gasteiger partial charge >= 0.3 is 17.1 Å². The molecule has 0 radical (unpaired) electrons. The molecule has 9 aromatic rings. The van der Waals surface area contributed by atoms with Crippen LogP contribution in [0.4, 0.5) is 0 Å². The van der Waals surface area contributed by atoms with E-state index < -0.39 is 24.2 Å². The van der Waals surface area contributed by atoms with Crippen LogP contribution in [-0.4, -0.2) is 75.3 Å². The van der Waals surface area contributed by atoms with E-state index in [-0.39, 0.29) is 31.9 Å². The SMILES string of the molecule is CN(C)CC1C(CN(C)C)C([Si](c2ccccc2)(c2ccccc2)c2ccccc2)CC1[Si](c1ccccc1)(c1ccccc1)c1ccccc1.[CH3-].[CH3-].[Fe+2].c1ccc([Si](c2ccccc2)(c2ccccc2)C2CCCC2)cc1. The predicted molar refractivity (Wildman–Crippen MR) is 343 cm³/mol. The third-order valence-corrected chi connectivity index (χ3v) is 33.9. The average molecular weight is 1120 g/mol. The number of nitrogens with zero attached hydrogens (tertiary/aromatic N) is 2. The smallest absolute Gasteiger partial charge is 0.358 e. The van der Waals surface area contributed by atoms with Crippen LogP contribution in [0.1, 0.15) is 32.1 Å². The molecule has 4 unspecified atom stereocenters. The Labute approximate surface area is 484 Å². The zero-order chi connectivity index (χ0) is 51.5. The monoisotopic (exact) mass is 1110 g/mol. The van der Waals surface area contributed by atoms with Gasteiger partial charge in [0, 0.05) is 13.1 Å². The van der Waals surface area contributed by atoms with Crippen molar-refractivity contribution in [3.63, 3.8) is 0 Å². The van der Waals surface area contributed by atoms with Gasteiger partial charge in [-0.25, -0.2) is 0 Å². The predicted octanol–water partition coefficient (Wildman–Crippen LogP) is 10.8. The van der Waals surface area contributed by atoms with Crippen LogP contribution in [0.15, 0.2) is 273 Å². The van der Waals surface area contributed by atoms with Crippen LogP contribution >= 0.6 is 0 Å². The molecule has 2 fully saturated rings. The number of hydrogen-bond donors (Lipinski definition) is 0. The Morgan fingerprint density at radius 2 is 0.474 bits per heavy atom. The van der Waals surface area contributed by atoms with Gasteiger partial charge in [-0.15, -0.1) is 0 Å². The van der Waals surface area contributed by atoms with Gasteiger partial charge in [0.1, 0.15) is 0 Å². The second kappa shape index (κ2) is 27.8. The van der Waals surface area contributed by atoms with Gasteiger partial charge in [0.15, 0.2) is 24.2 Å². The first-order valence-corrected chi connectivity index (χ1v) is 33.9. The van der Waals surface area contributed by atoms with Crippen molar-refractivity contribution in [3.8, 4) is 0 Å². The molecule has 0 aromatic heterocycles. The minimum absolute atomic E-state index is 0. The van der Waals surface area contributed by atoms with E-state index in [4.69, 9.17) is 0 Å². The summed E-state index contributed by atoms with van der Waals surface area (Å²) >= 11 is 0. The molecule has 9 aromatic carbocycles. The van der Waals surface area contributed by atoms with Crippen molar-refractivity contribution in [3.05, 3.63) is 288 Å². The van der Waals surface area contributed by atoms with Crippen molar-refractivity contribution in [1.82, 2.24) is 9.80 Å². The summed E-state index contributed by atoms with van der Waals surface area (Å²) in [6, 6.07) is 104. The molecule has 0 saturated heterocycles. The first kappa shape index (κ1) is 59.7. The Hall–Kier alpha value is -5.93. The van der Waals surface area contributed by atoms with Gasteiger partial charge in [0.25, 0.3) is 0 Å². The fourth-order valence-corrected chi connectivity index (χ4v) is 32.9. The van der Waals surface area contributed by atoms with Gasteiger partial charge in [-0.1, -0.05) is 299 Å². The summed E-state index contributed by atoms with van der Waals surface area (Å²) < 4.78 is 0. The second-order valence-electron chi connectivity index (χ2n) is 22.0. The van der Waals surface area contributed by atoms with Crippen LogP contribution in [0.2, 0.25) is 16.6 Å². The molecule has 6 heteroatoms. The van der Waals surface area contributed by atoms with E-state index >= 15 is 0 Å². The summed E-state index contributed by atoms with van der Waals surface area (Å²) in [4.78, 5) is 4.97. The molecular weight excluding hydrogens is 1030 g/mol. The molecule has 2 saturated carbocycles. The van der Waals surface area contributed by atoms with Crippen LogP contribution in [0, 0.1) is 26.7 Å². The minimum Gasteiger partial charge on any atom is -0.358 e. The number of benzene rings is 9. The van der Waals surface area contributed by atoms with Crippen LogP contribution in [0.5, 0.6) is 0 Å². The summed E-state index contributed by atoms with van der Waals surface area (Å²) in [6.07, 6.45) is 6.67. The maximum Gasteiger partial charge on any atom is 2.00 e. The second-order valence-corrected chi connectivity index (χ2v) is 34.3.